The zero-order chi connectivity index (χ0) is 17.4. The molecule has 25 heavy (non-hydrogen) atoms. The summed E-state index contributed by atoms with van der Waals surface area (Å²) in [6.45, 7) is 1.58. The van der Waals surface area contributed by atoms with Gasteiger partial charge in [0.15, 0.2) is 0 Å². The molecule has 2 aromatic carbocycles. The molecule has 1 fully saturated rings. The minimum atomic E-state index is -0.267. The van der Waals surface area contributed by atoms with Gasteiger partial charge in [-0.25, -0.2) is 4.39 Å². The van der Waals surface area contributed by atoms with Gasteiger partial charge < -0.3 is 10.2 Å². The maximum absolute atomic E-state index is 13.1. The standard InChI is InChI=1S/C20H19FN2O2/c21-16-6-4-14(5-7-16)19-11-15-10-13(3-8-18(15)25-19)12-23-9-1-2-17(23)20(22)24/h3-8,10-11,17H,1-2,9,12H2,(H2,22,24)/t17-/m0/s1. The number of nitrogens with two attached hydrogens (primary N) is 1. The van der Waals surface area contributed by atoms with Crippen LogP contribution in [0.2, 0.25) is 0 Å². The largest absolute Gasteiger partial charge is 0.456 e. The Balaban J connectivity index is 1.60. The summed E-state index contributed by atoms with van der Waals surface area (Å²) in [5, 5.41) is 0.992. The lowest BCUT2D eigenvalue weighted by Crippen LogP contribution is -2.39. The molecule has 1 saturated heterocycles. The predicted molar refractivity (Wildman–Crippen MR) is 94.2 cm³/mol. The van der Waals surface area contributed by atoms with Crippen LogP contribution < -0.4 is 5.73 Å². The first-order valence-corrected chi connectivity index (χ1v) is 8.42. The monoisotopic (exact) mass is 338 g/mol. The maximum Gasteiger partial charge on any atom is 0.234 e. The van der Waals surface area contributed by atoms with Crippen molar-refractivity contribution >= 4 is 16.9 Å². The SMILES string of the molecule is NC(=O)[C@@H]1CCCN1Cc1ccc2oc(-c3ccc(F)cc3)cc2c1. The quantitative estimate of drug-likeness (QED) is 0.789. The molecule has 1 aliphatic rings. The number of hydrogen-bond acceptors (Lipinski definition) is 3. The first-order valence-electron chi connectivity index (χ1n) is 8.42. The fourth-order valence-electron chi connectivity index (χ4n) is 3.52. The molecule has 0 radical (unpaired) electrons. The number of carbonyl (C=O) groups excluding carboxylic acids is 1. The van der Waals surface area contributed by atoms with E-state index in [1.807, 2.05) is 18.2 Å². The summed E-state index contributed by atoms with van der Waals surface area (Å²) in [6, 6.07) is 14.1. The Morgan fingerprint density at radius 3 is 2.76 bits per heavy atom. The molecule has 0 aliphatic carbocycles. The highest BCUT2D eigenvalue weighted by atomic mass is 19.1. The van der Waals surface area contributed by atoms with E-state index in [2.05, 4.69) is 11.0 Å². The highest BCUT2D eigenvalue weighted by Gasteiger charge is 2.28. The highest BCUT2D eigenvalue weighted by molar-refractivity contribution is 5.83. The van der Waals surface area contributed by atoms with Crippen LogP contribution in [0.5, 0.6) is 0 Å². The molecule has 0 unspecified atom stereocenters. The van der Waals surface area contributed by atoms with Gasteiger partial charge in [0.05, 0.1) is 6.04 Å². The molecule has 1 amide bonds. The van der Waals surface area contributed by atoms with Gasteiger partial charge in [0.2, 0.25) is 5.91 Å². The van der Waals surface area contributed by atoms with Crippen molar-refractivity contribution in [1.82, 2.24) is 4.90 Å². The molecule has 1 atom stereocenters. The molecule has 2 N–H and O–H groups in total. The van der Waals surface area contributed by atoms with Crippen molar-refractivity contribution in [3.05, 3.63) is 59.9 Å². The van der Waals surface area contributed by atoms with Crippen molar-refractivity contribution in [2.75, 3.05) is 6.54 Å². The molecule has 1 aliphatic heterocycles. The molecule has 128 valence electrons. The molecular formula is C20H19FN2O2. The molecule has 3 aromatic rings. The number of furan rings is 1. The van der Waals surface area contributed by atoms with Crippen LogP contribution in [0.3, 0.4) is 0 Å². The van der Waals surface area contributed by atoms with E-state index in [1.165, 1.54) is 12.1 Å². The number of fused-ring (bicyclic) bond motifs is 1. The Bertz CT molecular complexity index is 917. The number of hydrogen-bond donors (Lipinski definition) is 1. The number of amides is 1. The predicted octanol–water partition coefficient (Wildman–Crippen LogP) is 3.69. The van der Waals surface area contributed by atoms with Crippen LogP contribution in [-0.2, 0) is 11.3 Å². The average Bonchev–Trinajstić information content (AvgIpc) is 3.22. The summed E-state index contributed by atoms with van der Waals surface area (Å²) in [4.78, 5) is 13.7. The van der Waals surface area contributed by atoms with Crippen LogP contribution in [-0.4, -0.2) is 23.4 Å². The Morgan fingerprint density at radius 2 is 2.00 bits per heavy atom. The average molecular weight is 338 g/mol. The van der Waals surface area contributed by atoms with E-state index in [9.17, 15) is 9.18 Å². The first kappa shape index (κ1) is 15.8. The van der Waals surface area contributed by atoms with E-state index in [0.717, 1.165) is 41.5 Å². The van der Waals surface area contributed by atoms with Crippen LogP contribution >= 0.6 is 0 Å². The Hall–Kier alpha value is -2.66. The number of benzene rings is 2. The normalized spacial score (nSPS) is 18.0. The zero-order valence-electron chi connectivity index (χ0n) is 13.7. The van der Waals surface area contributed by atoms with Crippen molar-refractivity contribution in [3.8, 4) is 11.3 Å². The summed E-state index contributed by atoms with van der Waals surface area (Å²) < 4.78 is 18.9. The van der Waals surface area contributed by atoms with E-state index < -0.39 is 0 Å². The molecule has 0 spiro atoms. The molecular weight excluding hydrogens is 319 g/mol. The topological polar surface area (TPSA) is 59.5 Å². The number of likely N-dealkylation sites (tertiary alicyclic amines) is 1. The third-order valence-electron chi connectivity index (χ3n) is 4.79. The molecule has 5 heteroatoms. The smallest absolute Gasteiger partial charge is 0.234 e. The van der Waals surface area contributed by atoms with Crippen LogP contribution in [0.25, 0.3) is 22.3 Å². The Labute approximate surface area is 145 Å². The van der Waals surface area contributed by atoms with Gasteiger partial charge in [-0.1, -0.05) is 6.07 Å². The summed E-state index contributed by atoms with van der Waals surface area (Å²) in [6.07, 6.45) is 1.83. The molecule has 1 aromatic heterocycles. The van der Waals surface area contributed by atoms with Crippen molar-refractivity contribution in [3.63, 3.8) is 0 Å². The molecule has 0 saturated carbocycles. The number of carbonyl (C=O) groups is 1. The first-order chi connectivity index (χ1) is 12.1. The van der Waals surface area contributed by atoms with E-state index in [4.69, 9.17) is 10.2 Å². The second kappa shape index (κ2) is 6.33. The second-order valence-corrected chi connectivity index (χ2v) is 6.52. The van der Waals surface area contributed by atoms with E-state index in [0.29, 0.717) is 12.3 Å². The third kappa shape index (κ3) is 3.15. The minimum absolute atomic E-state index is 0.171. The maximum atomic E-state index is 13.1. The lowest BCUT2D eigenvalue weighted by Gasteiger charge is -2.21. The van der Waals surface area contributed by atoms with Crippen molar-refractivity contribution < 1.29 is 13.6 Å². The lowest BCUT2D eigenvalue weighted by atomic mass is 10.1. The lowest BCUT2D eigenvalue weighted by molar-refractivity contribution is -0.122. The van der Waals surface area contributed by atoms with Gasteiger partial charge in [0.1, 0.15) is 17.2 Å². The van der Waals surface area contributed by atoms with Gasteiger partial charge in [0, 0.05) is 17.5 Å². The molecule has 0 bridgehead atoms. The molecule has 4 rings (SSSR count). The van der Waals surface area contributed by atoms with Crippen molar-refractivity contribution in [2.24, 2.45) is 5.73 Å². The molecule has 4 nitrogen and oxygen atoms in total. The number of rotatable bonds is 4. The van der Waals surface area contributed by atoms with Gasteiger partial charge in [-0.15, -0.1) is 0 Å². The Kier molecular flexibility index (Phi) is 4.01. The summed E-state index contributed by atoms with van der Waals surface area (Å²) >= 11 is 0. The van der Waals surface area contributed by atoms with Crippen LogP contribution in [0.1, 0.15) is 18.4 Å². The van der Waals surface area contributed by atoms with Crippen LogP contribution in [0.4, 0.5) is 4.39 Å². The van der Waals surface area contributed by atoms with E-state index in [-0.39, 0.29) is 17.8 Å². The number of primary amides is 1. The van der Waals surface area contributed by atoms with Gasteiger partial charge >= 0.3 is 0 Å². The second-order valence-electron chi connectivity index (χ2n) is 6.52. The minimum Gasteiger partial charge on any atom is -0.456 e. The van der Waals surface area contributed by atoms with E-state index in [1.54, 1.807) is 12.1 Å². The van der Waals surface area contributed by atoms with Crippen molar-refractivity contribution in [1.29, 1.82) is 0 Å². The zero-order valence-corrected chi connectivity index (χ0v) is 13.7. The van der Waals surface area contributed by atoms with Gasteiger partial charge in [0.25, 0.3) is 0 Å². The third-order valence-corrected chi connectivity index (χ3v) is 4.79. The Morgan fingerprint density at radius 1 is 1.20 bits per heavy atom. The highest BCUT2D eigenvalue weighted by Crippen LogP contribution is 2.29. The van der Waals surface area contributed by atoms with Gasteiger partial charge in [-0.2, -0.15) is 0 Å². The molecule has 2 heterocycles. The summed E-state index contributed by atoms with van der Waals surface area (Å²) in [7, 11) is 0. The fraction of sp³-hybridized carbons (Fsp3) is 0.250. The van der Waals surface area contributed by atoms with Gasteiger partial charge in [-0.05, 0) is 67.4 Å². The summed E-state index contributed by atoms with van der Waals surface area (Å²) in [5.41, 5.74) is 8.23. The van der Waals surface area contributed by atoms with Gasteiger partial charge in [-0.3, -0.25) is 9.69 Å². The van der Waals surface area contributed by atoms with Crippen LogP contribution in [0.15, 0.2) is 52.9 Å². The summed E-state index contributed by atoms with van der Waals surface area (Å²) in [5.74, 6) is 0.195. The van der Waals surface area contributed by atoms with Crippen LogP contribution in [0, 0.1) is 5.82 Å². The van der Waals surface area contributed by atoms with E-state index >= 15 is 0 Å². The number of nitrogens with zero attached hydrogens (tertiary/aromatic N) is 1. The van der Waals surface area contributed by atoms with Crippen molar-refractivity contribution in [2.45, 2.75) is 25.4 Å². The fourth-order valence-corrected chi connectivity index (χ4v) is 3.52. The number of halogens is 1.